The number of nitrogens with zero attached hydrogens (tertiary/aromatic N) is 2. The van der Waals surface area contributed by atoms with Gasteiger partial charge >= 0.3 is 0 Å². The molecule has 5 heteroatoms. The molecule has 0 atom stereocenters. The number of thiophene rings is 1. The van der Waals surface area contributed by atoms with Gasteiger partial charge < -0.3 is 5.32 Å². The number of anilines is 1. The van der Waals surface area contributed by atoms with E-state index in [4.69, 9.17) is 16.6 Å². The van der Waals surface area contributed by atoms with Gasteiger partial charge in [0, 0.05) is 11.9 Å². The summed E-state index contributed by atoms with van der Waals surface area (Å²) in [6.45, 7) is 0.708. The van der Waals surface area contributed by atoms with E-state index in [9.17, 15) is 0 Å². The predicted octanol–water partition coefficient (Wildman–Crippen LogP) is 5.62. The van der Waals surface area contributed by atoms with Crippen LogP contribution in [0.25, 0.3) is 21.6 Å². The van der Waals surface area contributed by atoms with Crippen LogP contribution in [0.2, 0.25) is 5.02 Å². The Balaban J connectivity index is 1.76. The van der Waals surface area contributed by atoms with Crippen molar-refractivity contribution in [2.75, 3.05) is 5.32 Å². The summed E-state index contributed by atoms with van der Waals surface area (Å²) >= 11 is 7.81. The largest absolute Gasteiger partial charge is 0.365 e. The van der Waals surface area contributed by atoms with E-state index < -0.39 is 0 Å². The number of hydrogen-bond acceptors (Lipinski definition) is 4. The molecule has 0 saturated carbocycles. The summed E-state index contributed by atoms with van der Waals surface area (Å²) in [5.41, 5.74) is 2.11. The van der Waals surface area contributed by atoms with Crippen LogP contribution in [-0.4, -0.2) is 9.97 Å². The van der Waals surface area contributed by atoms with Crippen LogP contribution in [0.3, 0.4) is 0 Å². The number of hydrogen-bond donors (Lipinski definition) is 1. The van der Waals surface area contributed by atoms with Crippen molar-refractivity contribution in [3.63, 3.8) is 0 Å². The smallest absolute Gasteiger partial charge is 0.173 e. The van der Waals surface area contributed by atoms with E-state index in [1.807, 2.05) is 53.9 Å². The molecule has 4 rings (SSSR count). The Morgan fingerprint density at radius 1 is 0.917 bits per heavy atom. The number of aromatic nitrogens is 2. The molecule has 0 spiro atoms. The van der Waals surface area contributed by atoms with Gasteiger partial charge in [-0.1, -0.05) is 54.1 Å². The predicted molar refractivity (Wildman–Crippen MR) is 102 cm³/mol. The summed E-state index contributed by atoms with van der Waals surface area (Å²) in [6, 6.07) is 20.1. The monoisotopic (exact) mass is 351 g/mol. The third kappa shape index (κ3) is 2.98. The van der Waals surface area contributed by atoms with Crippen LogP contribution in [-0.2, 0) is 6.54 Å². The van der Waals surface area contributed by atoms with Gasteiger partial charge in [0.05, 0.1) is 15.4 Å². The van der Waals surface area contributed by atoms with Gasteiger partial charge in [0.1, 0.15) is 5.82 Å². The molecule has 24 heavy (non-hydrogen) atoms. The number of nitrogens with one attached hydrogen (secondary N) is 1. The molecule has 1 N–H and O–H groups in total. The van der Waals surface area contributed by atoms with E-state index in [2.05, 4.69) is 22.4 Å². The lowest BCUT2D eigenvalue weighted by Gasteiger charge is -2.10. The van der Waals surface area contributed by atoms with Gasteiger partial charge in [-0.15, -0.1) is 11.3 Å². The van der Waals surface area contributed by atoms with E-state index in [-0.39, 0.29) is 0 Å². The van der Waals surface area contributed by atoms with Crippen molar-refractivity contribution >= 4 is 39.7 Å². The van der Waals surface area contributed by atoms with Crippen molar-refractivity contribution in [1.82, 2.24) is 9.97 Å². The summed E-state index contributed by atoms with van der Waals surface area (Å²) < 4.78 is 0. The third-order valence-electron chi connectivity index (χ3n) is 3.73. The summed E-state index contributed by atoms with van der Waals surface area (Å²) in [4.78, 5) is 10.3. The summed E-state index contributed by atoms with van der Waals surface area (Å²) in [6.07, 6.45) is 0. The second kappa shape index (κ2) is 6.59. The van der Waals surface area contributed by atoms with E-state index >= 15 is 0 Å². The molecule has 0 aliphatic rings. The van der Waals surface area contributed by atoms with E-state index in [0.29, 0.717) is 17.4 Å². The molecule has 0 saturated heterocycles. The number of halogens is 1. The fraction of sp³-hybridized carbons (Fsp3) is 0.0526. The fourth-order valence-corrected chi connectivity index (χ4v) is 3.62. The number of fused-ring (bicyclic) bond motifs is 1. The molecule has 2 aromatic carbocycles. The van der Waals surface area contributed by atoms with E-state index in [1.165, 1.54) is 5.56 Å². The SMILES string of the molecule is Clc1ccsc1-c1nc(NCc2ccccc2)c2ccccc2n1. The lowest BCUT2D eigenvalue weighted by atomic mass is 10.2. The summed E-state index contributed by atoms with van der Waals surface area (Å²) in [5.74, 6) is 1.48. The molecular weight excluding hydrogens is 338 g/mol. The highest BCUT2D eigenvalue weighted by Gasteiger charge is 2.12. The molecule has 118 valence electrons. The zero-order valence-electron chi connectivity index (χ0n) is 12.7. The van der Waals surface area contributed by atoms with Gasteiger partial charge in [-0.2, -0.15) is 0 Å². The minimum Gasteiger partial charge on any atom is -0.365 e. The van der Waals surface area contributed by atoms with Crippen molar-refractivity contribution in [1.29, 1.82) is 0 Å². The van der Waals surface area contributed by atoms with Crippen molar-refractivity contribution in [3.05, 3.63) is 76.6 Å². The second-order valence-corrected chi connectivity index (χ2v) is 6.67. The third-order valence-corrected chi connectivity index (χ3v) is 5.06. The molecule has 0 aliphatic carbocycles. The first-order valence-corrected chi connectivity index (χ1v) is 8.85. The summed E-state index contributed by atoms with van der Waals surface area (Å²) in [7, 11) is 0. The molecule has 2 aromatic heterocycles. The molecule has 0 amide bonds. The number of para-hydroxylation sites is 1. The first-order chi connectivity index (χ1) is 11.8. The molecular formula is C19H14ClN3S. The molecule has 0 aliphatic heterocycles. The maximum atomic E-state index is 6.26. The molecule has 0 fully saturated rings. The van der Waals surface area contributed by atoms with Crippen LogP contribution in [0.5, 0.6) is 0 Å². The lowest BCUT2D eigenvalue weighted by Crippen LogP contribution is -2.04. The van der Waals surface area contributed by atoms with Gasteiger partial charge in [-0.25, -0.2) is 9.97 Å². The highest BCUT2D eigenvalue weighted by atomic mass is 35.5. The van der Waals surface area contributed by atoms with Crippen molar-refractivity contribution in [3.8, 4) is 10.7 Å². The Hall–Kier alpha value is -2.43. The van der Waals surface area contributed by atoms with Crippen LogP contribution in [0.4, 0.5) is 5.82 Å². The van der Waals surface area contributed by atoms with Gasteiger partial charge in [-0.3, -0.25) is 0 Å². The number of benzene rings is 2. The minimum absolute atomic E-state index is 0.657. The molecule has 0 radical (unpaired) electrons. The first kappa shape index (κ1) is 15.1. The van der Waals surface area contributed by atoms with Crippen LogP contribution in [0.1, 0.15) is 5.56 Å². The standard InChI is InChI=1S/C19H14ClN3S/c20-15-10-11-24-17(15)19-22-16-9-5-4-8-14(16)18(23-19)21-12-13-6-2-1-3-7-13/h1-11H,12H2,(H,21,22,23). The average molecular weight is 352 g/mol. The van der Waals surface area contributed by atoms with Crippen molar-refractivity contribution < 1.29 is 0 Å². The maximum Gasteiger partial charge on any atom is 0.173 e. The highest BCUT2D eigenvalue weighted by molar-refractivity contribution is 7.14. The average Bonchev–Trinajstić information content (AvgIpc) is 3.06. The second-order valence-electron chi connectivity index (χ2n) is 5.35. The number of rotatable bonds is 4. The van der Waals surface area contributed by atoms with Gasteiger partial charge in [0.15, 0.2) is 5.82 Å². The Morgan fingerprint density at radius 2 is 1.71 bits per heavy atom. The molecule has 0 bridgehead atoms. The normalized spacial score (nSPS) is 10.9. The van der Waals surface area contributed by atoms with Crippen LogP contribution in [0, 0.1) is 0 Å². The van der Waals surface area contributed by atoms with E-state index in [0.717, 1.165) is 21.6 Å². The Morgan fingerprint density at radius 3 is 2.50 bits per heavy atom. The Labute approximate surface area is 149 Å². The lowest BCUT2D eigenvalue weighted by molar-refractivity contribution is 1.11. The van der Waals surface area contributed by atoms with Crippen LogP contribution in [0.15, 0.2) is 66.0 Å². The zero-order valence-corrected chi connectivity index (χ0v) is 14.3. The maximum absolute atomic E-state index is 6.26. The van der Waals surface area contributed by atoms with Gasteiger partial charge in [0.25, 0.3) is 0 Å². The Kier molecular flexibility index (Phi) is 4.15. The fourth-order valence-electron chi connectivity index (χ4n) is 2.55. The van der Waals surface area contributed by atoms with Gasteiger partial charge in [-0.05, 0) is 29.1 Å². The molecule has 3 nitrogen and oxygen atoms in total. The minimum atomic E-state index is 0.657. The van der Waals surface area contributed by atoms with Crippen molar-refractivity contribution in [2.45, 2.75) is 6.54 Å². The zero-order chi connectivity index (χ0) is 16.4. The quantitative estimate of drug-likeness (QED) is 0.518. The van der Waals surface area contributed by atoms with Crippen molar-refractivity contribution in [2.24, 2.45) is 0 Å². The van der Waals surface area contributed by atoms with E-state index in [1.54, 1.807) is 11.3 Å². The van der Waals surface area contributed by atoms with Gasteiger partial charge in [0.2, 0.25) is 0 Å². The molecule has 0 unspecified atom stereocenters. The van der Waals surface area contributed by atoms with Crippen LogP contribution >= 0.6 is 22.9 Å². The Bertz CT molecular complexity index is 982. The molecule has 2 heterocycles. The first-order valence-electron chi connectivity index (χ1n) is 7.59. The highest BCUT2D eigenvalue weighted by Crippen LogP contribution is 2.33. The topological polar surface area (TPSA) is 37.8 Å². The van der Waals surface area contributed by atoms with Crippen LogP contribution < -0.4 is 5.32 Å². The molecule has 4 aromatic rings. The summed E-state index contributed by atoms with van der Waals surface area (Å²) in [5, 5.41) is 7.08.